The van der Waals surface area contributed by atoms with Gasteiger partial charge in [-0.15, -0.1) is 0 Å². The number of carbonyl (C=O) groups is 1. The lowest BCUT2D eigenvalue weighted by molar-refractivity contribution is 0.0791. The van der Waals surface area contributed by atoms with E-state index in [2.05, 4.69) is 6.92 Å². The molecule has 16 heavy (non-hydrogen) atoms. The van der Waals surface area contributed by atoms with Crippen molar-refractivity contribution in [2.45, 2.75) is 26.2 Å². The van der Waals surface area contributed by atoms with Gasteiger partial charge in [0.2, 0.25) is 0 Å². The fraction of sp³-hybridized carbons (Fsp3) is 0.500. The monoisotopic (exact) mass is 220 g/mol. The van der Waals surface area contributed by atoms with Crippen LogP contribution in [0.3, 0.4) is 0 Å². The second kappa shape index (κ2) is 7.18. The fourth-order valence-electron chi connectivity index (χ4n) is 1.78. The first-order chi connectivity index (χ1) is 7.79. The van der Waals surface area contributed by atoms with Gasteiger partial charge in [0.1, 0.15) is 0 Å². The summed E-state index contributed by atoms with van der Waals surface area (Å²) in [6.07, 6.45) is 3.10. The molecule has 2 heteroatoms. The smallest absolute Gasteiger partial charge is 0.168 e. The molecule has 0 saturated carbocycles. The maximum absolute atomic E-state index is 12.2. The van der Waals surface area contributed by atoms with Crippen LogP contribution in [0.25, 0.3) is 0 Å². The van der Waals surface area contributed by atoms with Crippen LogP contribution in [0.15, 0.2) is 30.3 Å². The maximum atomic E-state index is 12.2. The van der Waals surface area contributed by atoms with E-state index in [0.29, 0.717) is 6.61 Å². The Kier molecular flexibility index (Phi) is 5.79. The van der Waals surface area contributed by atoms with Gasteiger partial charge in [0, 0.05) is 18.6 Å². The van der Waals surface area contributed by atoms with Crippen LogP contribution in [0.2, 0.25) is 0 Å². The summed E-state index contributed by atoms with van der Waals surface area (Å²) < 4.78 is 5.12. The summed E-state index contributed by atoms with van der Waals surface area (Å²) in [6, 6.07) is 9.47. The van der Waals surface area contributed by atoms with E-state index in [9.17, 15) is 4.79 Å². The summed E-state index contributed by atoms with van der Waals surface area (Å²) in [7, 11) is 1.65. The molecule has 1 unspecified atom stereocenters. The van der Waals surface area contributed by atoms with Gasteiger partial charge in [-0.25, -0.2) is 0 Å². The standard InChI is InChI=1S/C14H20O2/c1-3-4-8-13(11-16-2)14(15)12-9-6-5-7-10-12/h5-7,9-10,13H,3-4,8,11H2,1-2H3. The molecule has 1 aromatic rings. The first-order valence-electron chi connectivity index (χ1n) is 5.87. The zero-order valence-electron chi connectivity index (χ0n) is 10.1. The predicted octanol–water partition coefficient (Wildman–Crippen LogP) is 3.32. The first-order valence-corrected chi connectivity index (χ1v) is 5.87. The van der Waals surface area contributed by atoms with Crippen molar-refractivity contribution in [3.05, 3.63) is 35.9 Å². The van der Waals surface area contributed by atoms with Crippen LogP contribution in [-0.4, -0.2) is 19.5 Å². The van der Waals surface area contributed by atoms with Crippen LogP contribution in [-0.2, 0) is 4.74 Å². The number of rotatable bonds is 7. The largest absolute Gasteiger partial charge is 0.384 e. The van der Waals surface area contributed by atoms with Gasteiger partial charge >= 0.3 is 0 Å². The number of Topliss-reactive ketones (excluding diaryl/α,β-unsaturated/α-hetero) is 1. The number of unbranched alkanes of at least 4 members (excludes halogenated alkanes) is 1. The SMILES string of the molecule is CCCCC(COC)C(=O)c1ccccc1. The number of carbonyl (C=O) groups excluding carboxylic acids is 1. The summed E-state index contributed by atoms with van der Waals surface area (Å²) in [6.45, 7) is 2.66. The van der Waals surface area contributed by atoms with Crippen molar-refractivity contribution in [3.8, 4) is 0 Å². The third kappa shape index (κ3) is 3.78. The topological polar surface area (TPSA) is 26.3 Å². The van der Waals surface area contributed by atoms with Crippen molar-refractivity contribution in [2.24, 2.45) is 5.92 Å². The second-order valence-corrected chi connectivity index (χ2v) is 4.02. The van der Waals surface area contributed by atoms with E-state index in [0.717, 1.165) is 24.8 Å². The molecule has 1 aromatic carbocycles. The molecule has 1 atom stereocenters. The molecule has 0 spiro atoms. The Balaban J connectivity index is 2.67. The molecule has 0 aliphatic heterocycles. The molecule has 0 bridgehead atoms. The molecule has 0 heterocycles. The number of benzene rings is 1. The van der Waals surface area contributed by atoms with Gasteiger partial charge < -0.3 is 4.74 Å². The van der Waals surface area contributed by atoms with Crippen molar-refractivity contribution < 1.29 is 9.53 Å². The van der Waals surface area contributed by atoms with E-state index in [1.54, 1.807) is 7.11 Å². The first kappa shape index (κ1) is 12.9. The third-order valence-corrected chi connectivity index (χ3v) is 2.70. The zero-order valence-corrected chi connectivity index (χ0v) is 10.1. The lowest BCUT2D eigenvalue weighted by Crippen LogP contribution is -2.19. The highest BCUT2D eigenvalue weighted by molar-refractivity contribution is 5.97. The Hall–Kier alpha value is -1.15. The molecule has 0 radical (unpaired) electrons. The van der Waals surface area contributed by atoms with Crippen LogP contribution in [0, 0.1) is 5.92 Å². The molecule has 0 aliphatic rings. The fourth-order valence-corrected chi connectivity index (χ4v) is 1.78. The number of hydrogen-bond acceptors (Lipinski definition) is 2. The van der Waals surface area contributed by atoms with Gasteiger partial charge in [-0.05, 0) is 6.42 Å². The highest BCUT2D eigenvalue weighted by Crippen LogP contribution is 2.15. The Bertz CT molecular complexity index is 306. The molecule has 0 N–H and O–H groups in total. The summed E-state index contributed by atoms with van der Waals surface area (Å²) in [4.78, 5) is 12.2. The molecule has 0 aliphatic carbocycles. The van der Waals surface area contributed by atoms with Gasteiger partial charge in [-0.3, -0.25) is 4.79 Å². The van der Waals surface area contributed by atoms with Crippen LogP contribution >= 0.6 is 0 Å². The van der Waals surface area contributed by atoms with Gasteiger partial charge in [0.05, 0.1) is 6.61 Å². The van der Waals surface area contributed by atoms with E-state index < -0.39 is 0 Å². The molecule has 88 valence electrons. The quantitative estimate of drug-likeness (QED) is 0.659. The van der Waals surface area contributed by atoms with Crippen molar-refractivity contribution in [1.29, 1.82) is 0 Å². The Morgan fingerprint density at radius 3 is 2.56 bits per heavy atom. The number of ketones is 1. The van der Waals surface area contributed by atoms with Gasteiger partial charge in [-0.1, -0.05) is 50.1 Å². The minimum absolute atomic E-state index is 0.00681. The normalized spacial score (nSPS) is 12.4. The number of methoxy groups -OCH3 is 1. The van der Waals surface area contributed by atoms with Crippen molar-refractivity contribution in [3.63, 3.8) is 0 Å². The molecular formula is C14H20O2. The van der Waals surface area contributed by atoms with Crippen LogP contribution in [0.5, 0.6) is 0 Å². The van der Waals surface area contributed by atoms with Gasteiger partial charge in [-0.2, -0.15) is 0 Å². The average molecular weight is 220 g/mol. The van der Waals surface area contributed by atoms with Gasteiger partial charge in [0.25, 0.3) is 0 Å². The minimum Gasteiger partial charge on any atom is -0.384 e. The van der Waals surface area contributed by atoms with Crippen molar-refractivity contribution in [2.75, 3.05) is 13.7 Å². The predicted molar refractivity (Wildman–Crippen MR) is 65.7 cm³/mol. The highest BCUT2D eigenvalue weighted by Gasteiger charge is 2.18. The molecular weight excluding hydrogens is 200 g/mol. The molecule has 2 nitrogen and oxygen atoms in total. The highest BCUT2D eigenvalue weighted by atomic mass is 16.5. The lowest BCUT2D eigenvalue weighted by Gasteiger charge is -2.14. The Morgan fingerprint density at radius 2 is 2.00 bits per heavy atom. The van der Waals surface area contributed by atoms with E-state index in [1.165, 1.54) is 0 Å². The Morgan fingerprint density at radius 1 is 1.31 bits per heavy atom. The minimum atomic E-state index is 0.00681. The summed E-state index contributed by atoms with van der Waals surface area (Å²) in [5.74, 6) is 0.211. The summed E-state index contributed by atoms with van der Waals surface area (Å²) in [5, 5.41) is 0. The van der Waals surface area contributed by atoms with E-state index in [4.69, 9.17) is 4.74 Å². The van der Waals surface area contributed by atoms with Crippen LogP contribution in [0.4, 0.5) is 0 Å². The zero-order chi connectivity index (χ0) is 11.8. The second-order valence-electron chi connectivity index (χ2n) is 4.02. The molecule has 1 rings (SSSR count). The van der Waals surface area contributed by atoms with E-state index in [-0.39, 0.29) is 11.7 Å². The lowest BCUT2D eigenvalue weighted by atomic mass is 9.93. The molecule has 0 amide bonds. The van der Waals surface area contributed by atoms with Crippen LogP contribution in [0.1, 0.15) is 36.5 Å². The number of hydrogen-bond donors (Lipinski definition) is 0. The average Bonchev–Trinajstić information content (AvgIpc) is 2.35. The van der Waals surface area contributed by atoms with Crippen molar-refractivity contribution in [1.82, 2.24) is 0 Å². The summed E-state index contributed by atoms with van der Waals surface area (Å²) >= 11 is 0. The molecule has 0 fully saturated rings. The van der Waals surface area contributed by atoms with Crippen LogP contribution < -0.4 is 0 Å². The van der Waals surface area contributed by atoms with Crippen molar-refractivity contribution >= 4 is 5.78 Å². The molecule has 0 aromatic heterocycles. The third-order valence-electron chi connectivity index (χ3n) is 2.70. The molecule has 0 saturated heterocycles. The summed E-state index contributed by atoms with van der Waals surface area (Å²) in [5.41, 5.74) is 0.792. The Labute approximate surface area is 97.6 Å². The maximum Gasteiger partial charge on any atom is 0.168 e. The number of ether oxygens (including phenoxy) is 1. The van der Waals surface area contributed by atoms with E-state index in [1.807, 2.05) is 30.3 Å². The van der Waals surface area contributed by atoms with E-state index >= 15 is 0 Å². The van der Waals surface area contributed by atoms with Gasteiger partial charge in [0.15, 0.2) is 5.78 Å².